The fraction of sp³-hybridized carbons (Fsp3) is 0.278. The first-order chi connectivity index (χ1) is 12.9. The summed E-state index contributed by atoms with van der Waals surface area (Å²) in [6, 6.07) is 5.89. The van der Waals surface area contributed by atoms with E-state index in [9.17, 15) is 20.3 Å². The van der Waals surface area contributed by atoms with Crippen molar-refractivity contribution in [1.29, 1.82) is 5.26 Å². The number of aromatic nitrogens is 1. The monoisotopic (exact) mass is 390 g/mol. The Hall–Kier alpha value is -2.96. The number of aromatic hydroxyl groups is 2. The van der Waals surface area contributed by atoms with E-state index in [4.69, 9.17) is 11.5 Å². The zero-order valence-electron chi connectivity index (χ0n) is 15.3. The van der Waals surface area contributed by atoms with E-state index >= 15 is 0 Å². The second-order valence-corrected chi connectivity index (χ2v) is 5.91. The highest BCUT2D eigenvalue weighted by Gasteiger charge is 2.21. The third-order valence-electron chi connectivity index (χ3n) is 3.35. The summed E-state index contributed by atoms with van der Waals surface area (Å²) in [5.74, 6) is -0.854. The lowest BCUT2D eigenvalue weighted by Gasteiger charge is -2.16. The summed E-state index contributed by atoms with van der Waals surface area (Å²) in [5.41, 5.74) is 13.0. The van der Waals surface area contributed by atoms with Gasteiger partial charge < -0.3 is 26.4 Å². The molecule has 0 unspecified atom stereocenters. The van der Waals surface area contributed by atoms with Crippen molar-refractivity contribution < 1.29 is 19.7 Å². The van der Waals surface area contributed by atoms with Gasteiger partial charge in [-0.1, -0.05) is 25.6 Å². The molecule has 0 atom stereocenters. The number of nitrogens with two attached hydrogens (primary N) is 2. The SMILES string of the molecule is CC.COC(=O)CSc1nc(N)c(C#N)c(-c2cc(O)cc(O)c2)c1CN. The number of benzene rings is 1. The minimum Gasteiger partial charge on any atom is -0.508 e. The molecule has 1 aromatic carbocycles. The Labute approximate surface area is 161 Å². The number of anilines is 1. The smallest absolute Gasteiger partial charge is 0.316 e. The molecule has 0 amide bonds. The molecule has 0 fully saturated rings. The Bertz CT molecular complexity index is 845. The fourth-order valence-corrected chi connectivity index (χ4v) is 3.18. The number of phenols is 2. The van der Waals surface area contributed by atoms with Crippen LogP contribution in [-0.2, 0) is 16.1 Å². The van der Waals surface area contributed by atoms with Gasteiger partial charge in [-0.15, -0.1) is 0 Å². The Morgan fingerprint density at radius 1 is 1.30 bits per heavy atom. The molecule has 1 heterocycles. The van der Waals surface area contributed by atoms with Gasteiger partial charge in [0.25, 0.3) is 0 Å². The molecule has 0 aliphatic heterocycles. The predicted octanol–water partition coefficient (Wildman–Crippen LogP) is 2.36. The number of hydrogen-bond donors (Lipinski definition) is 4. The lowest BCUT2D eigenvalue weighted by atomic mass is 9.96. The highest BCUT2D eigenvalue weighted by molar-refractivity contribution is 7.99. The quantitative estimate of drug-likeness (QED) is 0.444. The van der Waals surface area contributed by atoms with Gasteiger partial charge in [-0.25, -0.2) is 4.98 Å². The zero-order valence-corrected chi connectivity index (χ0v) is 16.1. The van der Waals surface area contributed by atoms with Crippen LogP contribution in [0.15, 0.2) is 23.2 Å². The van der Waals surface area contributed by atoms with E-state index in [2.05, 4.69) is 9.72 Å². The summed E-state index contributed by atoms with van der Waals surface area (Å²) in [6.45, 7) is 4.01. The minimum absolute atomic E-state index is 0.00737. The molecule has 9 heteroatoms. The standard InChI is InChI=1S/C16H16N4O4S.C2H6/c1-24-13(23)7-25-16-12(6-18)14(11(5-17)15(19)20-16)8-2-9(21)4-10(22)3-8;1-2/h2-4,21-22H,6-7,18H2,1H3,(H2,19,20);1-2H3. The molecule has 0 spiro atoms. The first kappa shape index (κ1) is 22.1. The normalized spacial score (nSPS) is 9.74. The van der Waals surface area contributed by atoms with Gasteiger partial charge in [-0.2, -0.15) is 5.26 Å². The number of phenolic OH excluding ortho intramolecular Hbond substituents is 2. The highest BCUT2D eigenvalue weighted by atomic mass is 32.2. The number of rotatable bonds is 5. The number of thioether (sulfide) groups is 1. The molecule has 0 saturated heterocycles. The van der Waals surface area contributed by atoms with Crippen molar-refractivity contribution in [2.24, 2.45) is 5.73 Å². The third-order valence-corrected chi connectivity index (χ3v) is 4.34. The van der Waals surface area contributed by atoms with Crippen molar-refractivity contribution >= 4 is 23.5 Å². The van der Waals surface area contributed by atoms with Crippen molar-refractivity contribution in [3.63, 3.8) is 0 Å². The van der Waals surface area contributed by atoms with Crippen molar-refractivity contribution in [2.75, 3.05) is 18.6 Å². The summed E-state index contributed by atoms with van der Waals surface area (Å²) in [4.78, 5) is 15.5. The first-order valence-corrected chi connectivity index (χ1v) is 9.05. The molecule has 1 aromatic heterocycles. The molecule has 0 aliphatic rings. The highest BCUT2D eigenvalue weighted by Crippen LogP contribution is 2.38. The van der Waals surface area contributed by atoms with E-state index in [1.54, 1.807) is 0 Å². The Morgan fingerprint density at radius 2 is 1.89 bits per heavy atom. The molecule has 2 rings (SSSR count). The number of ether oxygens (including phenoxy) is 1. The number of pyridine rings is 1. The van der Waals surface area contributed by atoms with Crippen LogP contribution in [0.4, 0.5) is 5.82 Å². The second kappa shape index (κ2) is 10.3. The van der Waals surface area contributed by atoms with E-state index < -0.39 is 5.97 Å². The van der Waals surface area contributed by atoms with Crippen LogP contribution in [0.3, 0.4) is 0 Å². The average molecular weight is 390 g/mol. The number of nitrogen functional groups attached to an aromatic ring is 1. The van der Waals surface area contributed by atoms with E-state index in [0.717, 1.165) is 17.8 Å². The minimum atomic E-state index is -0.450. The third kappa shape index (κ3) is 5.26. The number of carbonyl (C=O) groups is 1. The Balaban J connectivity index is 0.00000176. The summed E-state index contributed by atoms with van der Waals surface area (Å²) in [7, 11) is 1.27. The molecule has 0 bridgehead atoms. The van der Waals surface area contributed by atoms with Gasteiger partial charge >= 0.3 is 5.97 Å². The van der Waals surface area contributed by atoms with Crippen LogP contribution >= 0.6 is 11.8 Å². The van der Waals surface area contributed by atoms with Gasteiger partial charge in [0.2, 0.25) is 0 Å². The first-order valence-electron chi connectivity index (χ1n) is 8.06. The van der Waals surface area contributed by atoms with E-state index in [0.29, 0.717) is 21.7 Å². The van der Waals surface area contributed by atoms with E-state index in [-0.39, 0.29) is 35.2 Å². The number of esters is 1. The lowest BCUT2D eigenvalue weighted by molar-refractivity contribution is -0.137. The predicted molar refractivity (Wildman–Crippen MR) is 104 cm³/mol. The van der Waals surface area contributed by atoms with Gasteiger partial charge in [0.1, 0.15) is 34.0 Å². The molecule has 27 heavy (non-hydrogen) atoms. The van der Waals surface area contributed by atoms with Crippen molar-refractivity contribution in [2.45, 2.75) is 25.4 Å². The maximum Gasteiger partial charge on any atom is 0.316 e. The molecule has 0 radical (unpaired) electrons. The largest absolute Gasteiger partial charge is 0.508 e. The van der Waals surface area contributed by atoms with Crippen LogP contribution < -0.4 is 11.5 Å². The summed E-state index contributed by atoms with van der Waals surface area (Å²) >= 11 is 1.07. The number of nitriles is 1. The van der Waals surface area contributed by atoms with Gasteiger partial charge in [0, 0.05) is 23.7 Å². The lowest BCUT2D eigenvalue weighted by Crippen LogP contribution is -2.10. The van der Waals surface area contributed by atoms with Gasteiger partial charge in [-0.3, -0.25) is 4.79 Å². The van der Waals surface area contributed by atoms with Crippen molar-refractivity contribution in [3.8, 4) is 28.7 Å². The molecule has 144 valence electrons. The number of nitrogens with zero attached hydrogens (tertiary/aromatic N) is 2. The summed E-state index contributed by atoms with van der Waals surface area (Å²) in [5, 5.41) is 29.3. The zero-order chi connectivity index (χ0) is 20.6. The topological polar surface area (TPSA) is 155 Å². The van der Waals surface area contributed by atoms with Gasteiger partial charge in [-0.05, 0) is 17.7 Å². The maximum absolute atomic E-state index is 11.4. The van der Waals surface area contributed by atoms with Crippen LogP contribution in [0.25, 0.3) is 11.1 Å². The number of methoxy groups -OCH3 is 1. The van der Waals surface area contributed by atoms with Gasteiger partial charge in [0.15, 0.2) is 0 Å². The van der Waals surface area contributed by atoms with E-state index in [1.807, 2.05) is 19.9 Å². The summed E-state index contributed by atoms with van der Waals surface area (Å²) < 4.78 is 4.60. The average Bonchev–Trinajstić information content (AvgIpc) is 2.66. The molecule has 0 saturated carbocycles. The Morgan fingerprint density at radius 3 is 2.37 bits per heavy atom. The van der Waals surface area contributed by atoms with Gasteiger partial charge in [0.05, 0.1) is 12.9 Å². The fourth-order valence-electron chi connectivity index (χ4n) is 2.28. The van der Waals surface area contributed by atoms with Crippen molar-refractivity contribution in [1.82, 2.24) is 4.98 Å². The molecular weight excluding hydrogens is 368 g/mol. The maximum atomic E-state index is 11.4. The summed E-state index contributed by atoms with van der Waals surface area (Å²) in [6.07, 6.45) is 0. The number of hydrogen-bond acceptors (Lipinski definition) is 9. The molecular formula is C18H22N4O4S. The van der Waals surface area contributed by atoms with Crippen LogP contribution in [0.2, 0.25) is 0 Å². The molecule has 6 N–H and O–H groups in total. The Kier molecular flexibility index (Phi) is 8.38. The van der Waals surface area contributed by atoms with Crippen molar-refractivity contribution in [3.05, 3.63) is 29.3 Å². The molecule has 8 nitrogen and oxygen atoms in total. The van der Waals surface area contributed by atoms with Crippen LogP contribution in [0, 0.1) is 11.3 Å². The van der Waals surface area contributed by atoms with Crippen LogP contribution in [0.1, 0.15) is 25.0 Å². The van der Waals surface area contributed by atoms with E-state index in [1.165, 1.54) is 19.2 Å². The van der Waals surface area contributed by atoms with Crippen LogP contribution in [-0.4, -0.2) is 34.0 Å². The second-order valence-electron chi connectivity index (χ2n) is 4.95. The molecule has 2 aromatic rings. The number of carbonyl (C=O) groups excluding carboxylic acids is 1. The van der Waals surface area contributed by atoms with Crippen LogP contribution in [0.5, 0.6) is 11.5 Å². The molecule has 0 aliphatic carbocycles.